The predicted octanol–water partition coefficient (Wildman–Crippen LogP) is 5.41. The van der Waals surface area contributed by atoms with Crippen LogP contribution in [-0.4, -0.2) is 29.0 Å². The molecule has 2 heterocycles. The van der Waals surface area contributed by atoms with Crippen LogP contribution in [0.25, 0.3) is 11.6 Å². The second-order valence-electron chi connectivity index (χ2n) is 9.39. The molecule has 6 heteroatoms. The average Bonchev–Trinajstić information content (AvgIpc) is 2.77. The molecule has 2 aliphatic heterocycles. The summed E-state index contributed by atoms with van der Waals surface area (Å²) in [5, 5.41) is 2.81. The van der Waals surface area contributed by atoms with E-state index in [0.29, 0.717) is 5.69 Å². The van der Waals surface area contributed by atoms with Gasteiger partial charge in [-0.3, -0.25) is 19.8 Å². The number of amides is 2. The Morgan fingerprint density at radius 2 is 1.76 bits per heavy atom. The van der Waals surface area contributed by atoms with Crippen molar-refractivity contribution < 1.29 is 9.59 Å². The van der Waals surface area contributed by atoms with E-state index in [9.17, 15) is 9.59 Å². The second-order valence-corrected chi connectivity index (χ2v) is 9.78. The van der Waals surface area contributed by atoms with Gasteiger partial charge in [-0.1, -0.05) is 31.2 Å². The van der Waals surface area contributed by atoms with E-state index in [-0.39, 0.29) is 16.2 Å². The number of hydrogen-bond acceptors (Lipinski definition) is 4. The number of fused-ring (bicyclic) bond motifs is 1. The van der Waals surface area contributed by atoms with Gasteiger partial charge >= 0.3 is 0 Å². The van der Waals surface area contributed by atoms with Crippen molar-refractivity contribution in [3.63, 3.8) is 0 Å². The fraction of sp³-hybridized carbons (Fsp3) is 0.321. The van der Waals surface area contributed by atoms with Gasteiger partial charge in [-0.25, -0.2) is 0 Å². The van der Waals surface area contributed by atoms with Gasteiger partial charge in [0, 0.05) is 17.8 Å². The molecule has 4 rings (SSSR count). The molecule has 0 spiro atoms. The first-order valence-corrected chi connectivity index (χ1v) is 12.1. The Morgan fingerprint density at radius 1 is 1.06 bits per heavy atom. The fourth-order valence-corrected chi connectivity index (χ4v) is 5.31. The van der Waals surface area contributed by atoms with Crippen LogP contribution in [0.2, 0.25) is 0 Å². The Kier molecular flexibility index (Phi) is 6.21. The number of likely N-dealkylation sites (N-methyl/N-ethyl adjacent to an activating group) is 1. The van der Waals surface area contributed by atoms with Crippen molar-refractivity contribution in [1.82, 2.24) is 5.32 Å². The Hall–Kier alpha value is -3.25. The fourth-order valence-electron chi connectivity index (χ4n) is 5.04. The van der Waals surface area contributed by atoms with Crippen molar-refractivity contribution in [3.8, 4) is 0 Å². The van der Waals surface area contributed by atoms with Crippen LogP contribution in [0.15, 0.2) is 48.0 Å². The monoisotopic (exact) mass is 473 g/mol. The molecule has 1 saturated heterocycles. The van der Waals surface area contributed by atoms with E-state index in [1.54, 1.807) is 6.08 Å². The molecule has 1 N–H and O–H groups in total. The molecular formula is C28H31N3O2S. The molecule has 1 fully saturated rings. The SMILES string of the molecule is CCc1ccccc1N1C(=O)/C(=C/c2cc3c(cc2C)N(CC)C(C)(C)C=C3C)C(=O)NC1=S. The lowest BCUT2D eigenvalue weighted by atomic mass is 9.86. The number of rotatable bonds is 4. The van der Waals surface area contributed by atoms with Crippen LogP contribution in [0.1, 0.15) is 56.9 Å². The van der Waals surface area contributed by atoms with E-state index in [2.05, 4.69) is 56.1 Å². The quantitative estimate of drug-likeness (QED) is 0.366. The van der Waals surface area contributed by atoms with Crippen LogP contribution in [0.5, 0.6) is 0 Å². The third-order valence-electron chi connectivity index (χ3n) is 6.70. The minimum atomic E-state index is -0.471. The summed E-state index contributed by atoms with van der Waals surface area (Å²) in [5.41, 5.74) is 7.00. The van der Waals surface area contributed by atoms with Crippen molar-refractivity contribution in [2.45, 2.75) is 53.5 Å². The lowest BCUT2D eigenvalue weighted by Crippen LogP contribution is -2.54. The van der Waals surface area contributed by atoms with Crippen LogP contribution in [0.4, 0.5) is 11.4 Å². The van der Waals surface area contributed by atoms with E-state index in [1.165, 1.54) is 16.2 Å². The Balaban J connectivity index is 1.81. The summed E-state index contributed by atoms with van der Waals surface area (Å²) < 4.78 is 0. The Morgan fingerprint density at radius 3 is 2.44 bits per heavy atom. The third kappa shape index (κ3) is 3.96. The molecule has 34 heavy (non-hydrogen) atoms. The first-order valence-electron chi connectivity index (χ1n) is 11.7. The summed E-state index contributed by atoms with van der Waals surface area (Å²) in [6.45, 7) is 13.6. The number of hydrogen-bond donors (Lipinski definition) is 1. The number of thiocarbonyl (C=S) groups is 1. The van der Waals surface area contributed by atoms with E-state index in [4.69, 9.17) is 12.2 Å². The normalized spacial score (nSPS) is 18.7. The third-order valence-corrected chi connectivity index (χ3v) is 6.98. The van der Waals surface area contributed by atoms with E-state index in [0.717, 1.165) is 35.2 Å². The Labute approximate surface area is 207 Å². The molecule has 2 aliphatic rings. The maximum Gasteiger partial charge on any atom is 0.270 e. The van der Waals surface area contributed by atoms with Crippen molar-refractivity contribution in [1.29, 1.82) is 0 Å². The van der Waals surface area contributed by atoms with Crippen molar-refractivity contribution in [2.75, 3.05) is 16.3 Å². The molecule has 0 saturated carbocycles. The molecular weight excluding hydrogens is 442 g/mol. The molecule has 176 valence electrons. The van der Waals surface area contributed by atoms with E-state index in [1.807, 2.05) is 38.1 Å². The van der Waals surface area contributed by atoms with Crippen molar-refractivity contribution >= 4 is 52.2 Å². The van der Waals surface area contributed by atoms with E-state index < -0.39 is 11.8 Å². The van der Waals surface area contributed by atoms with Crippen LogP contribution in [-0.2, 0) is 16.0 Å². The topological polar surface area (TPSA) is 52.7 Å². The lowest BCUT2D eigenvalue weighted by Gasteiger charge is -2.43. The second kappa shape index (κ2) is 8.84. The van der Waals surface area contributed by atoms with Gasteiger partial charge in [-0.2, -0.15) is 0 Å². The number of benzene rings is 2. The summed E-state index contributed by atoms with van der Waals surface area (Å²) in [6.07, 6.45) is 4.71. The number of carbonyl (C=O) groups excluding carboxylic acids is 2. The van der Waals surface area contributed by atoms with Crippen molar-refractivity contribution in [3.05, 3.63) is 70.3 Å². The molecule has 0 atom stereocenters. The average molecular weight is 474 g/mol. The molecule has 2 aromatic rings. The molecule has 5 nitrogen and oxygen atoms in total. The van der Waals surface area contributed by atoms with Gasteiger partial charge in [-0.15, -0.1) is 0 Å². The van der Waals surface area contributed by atoms with Gasteiger partial charge in [0.1, 0.15) is 5.57 Å². The maximum atomic E-state index is 13.6. The van der Waals surface area contributed by atoms with E-state index >= 15 is 0 Å². The summed E-state index contributed by atoms with van der Waals surface area (Å²) >= 11 is 5.39. The number of aryl methyl sites for hydroxylation is 2. The smallest absolute Gasteiger partial charge is 0.270 e. The summed E-state index contributed by atoms with van der Waals surface area (Å²) in [7, 11) is 0. The molecule has 2 amide bonds. The van der Waals surface area contributed by atoms with Crippen LogP contribution in [0.3, 0.4) is 0 Å². The van der Waals surface area contributed by atoms with Gasteiger partial charge in [0.25, 0.3) is 11.8 Å². The molecule has 0 aliphatic carbocycles. The molecule has 0 aromatic heterocycles. The largest absolute Gasteiger partial charge is 0.363 e. The molecule has 0 bridgehead atoms. The molecule has 2 aromatic carbocycles. The zero-order valence-corrected chi connectivity index (χ0v) is 21.5. The van der Waals surface area contributed by atoms with Gasteiger partial charge in [0.05, 0.1) is 11.2 Å². The minimum absolute atomic E-state index is 0.0766. The van der Waals surface area contributed by atoms with Crippen LogP contribution in [0, 0.1) is 6.92 Å². The van der Waals surface area contributed by atoms with Crippen LogP contribution >= 0.6 is 12.2 Å². The Bertz CT molecular complexity index is 1270. The standard InChI is InChI=1S/C28H31N3O2S/c1-7-19-11-9-10-12-23(19)31-26(33)22(25(32)29-27(31)34)15-20-14-21-18(4)16-28(5,6)30(8-2)24(21)13-17(20)3/h9-16H,7-8H2,1-6H3,(H,29,32,34)/b22-15+. The summed E-state index contributed by atoms with van der Waals surface area (Å²) in [6, 6.07) is 11.9. The zero-order valence-electron chi connectivity index (χ0n) is 20.7. The summed E-state index contributed by atoms with van der Waals surface area (Å²) in [4.78, 5) is 30.2. The number of allylic oxidation sites excluding steroid dienone is 1. The highest BCUT2D eigenvalue weighted by molar-refractivity contribution is 7.80. The molecule has 0 radical (unpaired) electrons. The number of carbonyl (C=O) groups is 2. The molecule has 0 unspecified atom stereocenters. The number of nitrogens with one attached hydrogen (secondary N) is 1. The van der Waals surface area contributed by atoms with Gasteiger partial charge in [0.2, 0.25) is 0 Å². The highest BCUT2D eigenvalue weighted by Crippen LogP contribution is 2.40. The van der Waals surface area contributed by atoms with Gasteiger partial charge < -0.3 is 4.90 Å². The first-order chi connectivity index (χ1) is 16.1. The predicted molar refractivity (Wildman–Crippen MR) is 144 cm³/mol. The first kappa shape index (κ1) is 23.9. The number of para-hydroxylation sites is 1. The summed E-state index contributed by atoms with van der Waals surface area (Å²) in [5.74, 6) is -0.878. The number of anilines is 2. The number of nitrogens with zero attached hydrogens (tertiary/aromatic N) is 2. The van der Waals surface area contributed by atoms with Crippen LogP contribution < -0.4 is 15.1 Å². The minimum Gasteiger partial charge on any atom is -0.363 e. The highest BCUT2D eigenvalue weighted by Gasteiger charge is 2.36. The highest BCUT2D eigenvalue weighted by atomic mass is 32.1. The van der Waals surface area contributed by atoms with Crippen molar-refractivity contribution in [2.24, 2.45) is 0 Å². The van der Waals surface area contributed by atoms with Gasteiger partial charge in [0.15, 0.2) is 5.11 Å². The lowest BCUT2D eigenvalue weighted by molar-refractivity contribution is -0.122. The van der Waals surface area contributed by atoms with Gasteiger partial charge in [-0.05, 0) is 99.8 Å². The zero-order chi connectivity index (χ0) is 24.8. The maximum absolute atomic E-state index is 13.6.